The number of rotatable bonds is 10. The fraction of sp³-hybridized carbons (Fsp3) is 0.548. The molecule has 2 aliphatic rings. The first-order chi connectivity index (χ1) is 18.9. The molecule has 0 atom stereocenters. The Morgan fingerprint density at radius 1 is 0.564 bits per heavy atom. The van der Waals surface area contributed by atoms with E-state index < -0.39 is 0 Å². The molecule has 2 aromatic rings. The monoisotopic (exact) mass is 538 g/mol. The molecule has 2 aliphatic carbocycles. The van der Waals surface area contributed by atoms with Gasteiger partial charge >= 0.3 is 0 Å². The Morgan fingerprint density at radius 3 is 1.15 bits per heavy atom. The second-order valence-corrected chi connectivity index (χ2v) is 10.8. The predicted octanol–water partition coefficient (Wildman–Crippen LogP) is 5.39. The van der Waals surface area contributed by atoms with Gasteiger partial charge in [-0.2, -0.15) is 0 Å². The Morgan fingerprint density at radius 2 is 0.872 bits per heavy atom. The minimum atomic E-state index is -0.0802. The van der Waals surface area contributed by atoms with Gasteiger partial charge in [0.15, 0.2) is 0 Å². The van der Waals surface area contributed by atoms with Crippen LogP contribution in [0.15, 0.2) is 36.4 Å². The summed E-state index contributed by atoms with van der Waals surface area (Å²) in [6.45, 7) is 0. The minimum Gasteiger partial charge on any atom is -0.497 e. The molecule has 0 heterocycles. The molecule has 0 bridgehead atoms. The van der Waals surface area contributed by atoms with E-state index in [1.54, 1.807) is 64.8 Å². The highest BCUT2D eigenvalue weighted by Crippen LogP contribution is 2.36. The van der Waals surface area contributed by atoms with Gasteiger partial charge in [0.25, 0.3) is 11.8 Å². The summed E-state index contributed by atoms with van der Waals surface area (Å²) in [5.74, 6) is 3.69. The highest BCUT2D eigenvalue weighted by atomic mass is 16.5. The molecule has 8 nitrogen and oxygen atoms in total. The third-order valence-electron chi connectivity index (χ3n) is 8.26. The van der Waals surface area contributed by atoms with Crippen LogP contribution in [0.1, 0.15) is 78.5 Å². The van der Waals surface area contributed by atoms with E-state index in [4.69, 9.17) is 18.9 Å². The van der Waals surface area contributed by atoms with E-state index in [2.05, 4.69) is 10.6 Å². The number of hydrogen-bond acceptors (Lipinski definition) is 6. The molecule has 0 saturated heterocycles. The molecule has 8 heteroatoms. The largest absolute Gasteiger partial charge is 0.497 e. The number of carbonyl (C=O) groups is 2. The van der Waals surface area contributed by atoms with Crippen molar-refractivity contribution in [1.82, 2.24) is 10.6 Å². The second-order valence-electron chi connectivity index (χ2n) is 10.8. The summed E-state index contributed by atoms with van der Waals surface area (Å²) in [5.41, 5.74) is 1.12. The third-order valence-corrected chi connectivity index (χ3v) is 8.26. The van der Waals surface area contributed by atoms with Crippen molar-refractivity contribution in [2.24, 2.45) is 11.8 Å². The maximum atomic E-state index is 12.8. The molecule has 39 heavy (non-hydrogen) atoms. The van der Waals surface area contributed by atoms with Crippen molar-refractivity contribution in [3.05, 3.63) is 47.5 Å². The van der Waals surface area contributed by atoms with Crippen molar-refractivity contribution in [1.29, 1.82) is 0 Å². The van der Waals surface area contributed by atoms with E-state index in [-0.39, 0.29) is 23.9 Å². The molecule has 2 aromatic carbocycles. The first-order valence-corrected chi connectivity index (χ1v) is 14.0. The molecule has 0 radical (unpaired) electrons. The maximum absolute atomic E-state index is 12.8. The topological polar surface area (TPSA) is 95.1 Å². The molecule has 2 N–H and O–H groups in total. The predicted molar refractivity (Wildman–Crippen MR) is 150 cm³/mol. The third kappa shape index (κ3) is 7.80. The van der Waals surface area contributed by atoms with E-state index in [0.29, 0.717) is 46.0 Å². The van der Waals surface area contributed by atoms with Crippen molar-refractivity contribution in [3.8, 4) is 23.0 Å². The van der Waals surface area contributed by atoms with Gasteiger partial charge in [0, 0.05) is 35.3 Å². The van der Waals surface area contributed by atoms with Gasteiger partial charge in [-0.1, -0.05) is 0 Å². The Labute approximate surface area is 231 Å². The van der Waals surface area contributed by atoms with Crippen LogP contribution in [0, 0.1) is 11.8 Å². The summed E-state index contributed by atoms with van der Waals surface area (Å²) in [6.07, 6.45) is 9.82. The lowest BCUT2D eigenvalue weighted by Gasteiger charge is -2.34. The molecule has 4 rings (SSSR count). The van der Waals surface area contributed by atoms with Crippen LogP contribution in [-0.4, -0.2) is 52.3 Å². The van der Waals surface area contributed by atoms with Crippen LogP contribution in [0.3, 0.4) is 0 Å². The van der Waals surface area contributed by atoms with Crippen LogP contribution < -0.4 is 29.6 Å². The number of methoxy groups -OCH3 is 4. The van der Waals surface area contributed by atoms with Gasteiger partial charge in [0.05, 0.1) is 28.4 Å². The number of amides is 2. The SMILES string of the molecule is COc1cc(OC)cc(C(=O)NC2CCC(CC3CCC(NC(=O)c4cc(OC)cc(OC)c4)CC3)CC2)c1. The summed E-state index contributed by atoms with van der Waals surface area (Å²) in [4.78, 5) is 25.7. The molecule has 0 spiro atoms. The molecular formula is C31H42N2O6. The van der Waals surface area contributed by atoms with Crippen LogP contribution in [0.4, 0.5) is 0 Å². The van der Waals surface area contributed by atoms with E-state index in [1.807, 2.05) is 0 Å². The smallest absolute Gasteiger partial charge is 0.251 e. The van der Waals surface area contributed by atoms with Crippen molar-refractivity contribution in [2.75, 3.05) is 28.4 Å². The van der Waals surface area contributed by atoms with Gasteiger partial charge in [-0.3, -0.25) is 9.59 Å². The molecule has 0 unspecified atom stereocenters. The van der Waals surface area contributed by atoms with Crippen molar-refractivity contribution in [2.45, 2.75) is 69.9 Å². The molecule has 2 fully saturated rings. The Hall–Kier alpha value is -3.42. The molecular weight excluding hydrogens is 496 g/mol. The average molecular weight is 539 g/mol. The lowest BCUT2D eigenvalue weighted by molar-refractivity contribution is 0.0917. The van der Waals surface area contributed by atoms with Crippen molar-refractivity contribution < 1.29 is 28.5 Å². The summed E-state index contributed by atoms with van der Waals surface area (Å²) in [6, 6.07) is 10.9. The maximum Gasteiger partial charge on any atom is 0.251 e. The van der Waals surface area contributed by atoms with E-state index in [0.717, 1.165) is 51.4 Å². The Balaban J connectivity index is 1.18. The van der Waals surface area contributed by atoms with Gasteiger partial charge in [-0.25, -0.2) is 0 Å². The Kier molecular flexibility index (Phi) is 9.96. The highest BCUT2D eigenvalue weighted by molar-refractivity contribution is 5.95. The summed E-state index contributed by atoms with van der Waals surface area (Å²) < 4.78 is 21.2. The van der Waals surface area contributed by atoms with E-state index >= 15 is 0 Å². The number of ether oxygens (including phenoxy) is 4. The zero-order chi connectivity index (χ0) is 27.8. The van der Waals surface area contributed by atoms with E-state index in [1.165, 1.54) is 6.42 Å². The van der Waals surface area contributed by atoms with Gasteiger partial charge in [0.1, 0.15) is 23.0 Å². The number of carbonyl (C=O) groups excluding carboxylic acids is 2. The first-order valence-electron chi connectivity index (χ1n) is 14.0. The lowest BCUT2D eigenvalue weighted by atomic mass is 9.75. The number of benzene rings is 2. The normalized spacial score (nSPS) is 22.9. The van der Waals surface area contributed by atoms with Gasteiger partial charge in [-0.05, 0) is 93.9 Å². The zero-order valence-electron chi connectivity index (χ0n) is 23.6. The van der Waals surface area contributed by atoms with Crippen LogP contribution in [0.5, 0.6) is 23.0 Å². The minimum absolute atomic E-state index is 0.0802. The molecule has 212 valence electrons. The summed E-state index contributed by atoms with van der Waals surface area (Å²) in [5, 5.41) is 6.42. The molecule has 2 amide bonds. The molecule has 2 saturated carbocycles. The number of hydrogen-bond donors (Lipinski definition) is 2. The fourth-order valence-electron chi connectivity index (χ4n) is 5.97. The summed E-state index contributed by atoms with van der Waals surface area (Å²) >= 11 is 0. The lowest BCUT2D eigenvalue weighted by Crippen LogP contribution is -2.39. The van der Waals surface area contributed by atoms with Crippen LogP contribution in [0.2, 0.25) is 0 Å². The van der Waals surface area contributed by atoms with E-state index in [9.17, 15) is 9.59 Å². The van der Waals surface area contributed by atoms with Gasteiger partial charge in [-0.15, -0.1) is 0 Å². The molecule has 0 aromatic heterocycles. The fourth-order valence-corrected chi connectivity index (χ4v) is 5.97. The summed E-state index contributed by atoms with van der Waals surface area (Å²) in [7, 11) is 6.33. The number of nitrogens with one attached hydrogen (secondary N) is 2. The van der Waals surface area contributed by atoms with Gasteiger partial charge < -0.3 is 29.6 Å². The second kappa shape index (κ2) is 13.6. The Bertz CT molecular complexity index is 988. The highest BCUT2D eigenvalue weighted by Gasteiger charge is 2.28. The van der Waals surface area contributed by atoms with Crippen molar-refractivity contribution in [3.63, 3.8) is 0 Å². The van der Waals surface area contributed by atoms with Crippen LogP contribution >= 0.6 is 0 Å². The first kappa shape index (κ1) is 28.6. The van der Waals surface area contributed by atoms with Crippen molar-refractivity contribution >= 4 is 11.8 Å². The molecule has 0 aliphatic heterocycles. The zero-order valence-corrected chi connectivity index (χ0v) is 23.6. The van der Waals surface area contributed by atoms with Crippen LogP contribution in [0.25, 0.3) is 0 Å². The van der Waals surface area contributed by atoms with Crippen LogP contribution in [-0.2, 0) is 0 Å². The average Bonchev–Trinajstić information content (AvgIpc) is 2.98. The standard InChI is InChI=1S/C31H42N2O6/c1-36-26-14-22(15-27(18-26)37-2)30(34)32-24-9-5-20(6-10-24)13-21-7-11-25(12-8-21)33-31(35)23-16-28(38-3)19-29(17-23)39-4/h14-21,24-25H,5-13H2,1-4H3,(H,32,34)(H,33,35). The quantitative estimate of drug-likeness (QED) is 0.421. The van der Waals surface area contributed by atoms with Gasteiger partial charge in [0.2, 0.25) is 0 Å².